The van der Waals surface area contributed by atoms with E-state index in [9.17, 15) is 0 Å². The van der Waals surface area contributed by atoms with Crippen LogP contribution in [0.2, 0.25) is 0 Å². The van der Waals surface area contributed by atoms with Gasteiger partial charge in [0.1, 0.15) is 0 Å². The third-order valence-electron chi connectivity index (χ3n) is 3.46. The van der Waals surface area contributed by atoms with E-state index in [1.165, 1.54) is 30.5 Å². The van der Waals surface area contributed by atoms with Crippen LogP contribution in [0, 0.1) is 6.92 Å². The minimum Gasteiger partial charge on any atom is -0.316 e. The summed E-state index contributed by atoms with van der Waals surface area (Å²) >= 11 is 0. The van der Waals surface area contributed by atoms with Gasteiger partial charge in [-0.05, 0) is 50.6 Å². The average molecular weight is 219 g/mol. The number of nitrogens with zero attached hydrogens (tertiary/aromatic N) is 2. The first-order chi connectivity index (χ1) is 7.79. The van der Waals surface area contributed by atoms with E-state index in [1.54, 1.807) is 0 Å². The number of hydrogen-bond donors (Lipinski definition) is 1. The third-order valence-corrected chi connectivity index (χ3v) is 3.46. The fourth-order valence-corrected chi connectivity index (χ4v) is 2.34. The van der Waals surface area contributed by atoms with E-state index in [-0.39, 0.29) is 0 Å². The first-order valence-corrected chi connectivity index (χ1v) is 6.08. The molecule has 16 heavy (non-hydrogen) atoms. The highest BCUT2D eigenvalue weighted by atomic mass is 15.2. The van der Waals surface area contributed by atoms with Gasteiger partial charge >= 0.3 is 0 Å². The highest BCUT2D eigenvalue weighted by molar-refractivity contribution is 5.21. The number of hydrogen-bond acceptors (Lipinski definition) is 3. The quantitative estimate of drug-likeness (QED) is 0.836. The predicted octanol–water partition coefficient (Wildman–Crippen LogP) is 1.57. The van der Waals surface area contributed by atoms with E-state index in [0.717, 1.165) is 13.1 Å². The first-order valence-electron chi connectivity index (χ1n) is 6.08. The zero-order valence-electron chi connectivity index (χ0n) is 10.2. The van der Waals surface area contributed by atoms with Gasteiger partial charge in [-0.3, -0.25) is 9.88 Å². The number of aromatic nitrogens is 1. The molecule has 0 radical (unpaired) electrons. The maximum Gasteiger partial charge on any atom is 0.0315 e. The molecule has 3 heteroatoms. The van der Waals surface area contributed by atoms with Gasteiger partial charge in [-0.1, -0.05) is 0 Å². The Labute approximate surface area is 97.9 Å². The molecule has 1 saturated heterocycles. The second-order valence-electron chi connectivity index (χ2n) is 4.67. The molecule has 1 aromatic heterocycles. The molecule has 0 amide bonds. The van der Waals surface area contributed by atoms with Crippen LogP contribution >= 0.6 is 0 Å². The molecular formula is C13H21N3. The van der Waals surface area contributed by atoms with E-state index in [0.29, 0.717) is 6.04 Å². The molecule has 0 spiro atoms. The summed E-state index contributed by atoms with van der Waals surface area (Å²) in [5, 5.41) is 3.38. The zero-order chi connectivity index (χ0) is 11.4. The second kappa shape index (κ2) is 5.41. The fourth-order valence-electron chi connectivity index (χ4n) is 2.34. The molecule has 3 nitrogen and oxygen atoms in total. The smallest absolute Gasteiger partial charge is 0.0315 e. The molecule has 1 N–H and O–H groups in total. The fraction of sp³-hybridized carbons (Fsp3) is 0.615. The largest absolute Gasteiger partial charge is 0.316 e. The number of likely N-dealkylation sites (tertiary alicyclic amines) is 1. The van der Waals surface area contributed by atoms with Crippen LogP contribution in [-0.4, -0.2) is 36.1 Å². The van der Waals surface area contributed by atoms with Gasteiger partial charge in [-0.25, -0.2) is 0 Å². The van der Waals surface area contributed by atoms with Gasteiger partial charge < -0.3 is 5.32 Å². The number of likely N-dealkylation sites (N-methyl/N-ethyl adjacent to an activating group) is 1. The van der Waals surface area contributed by atoms with Gasteiger partial charge in [0.05, 0.1) is 0 Å². The molecular weight excluding hydrogens is 198 g/mol. The first kappa shape index (κ1) is 11.6. The van der Waals surface area contributed by atoms with Gasteiger partial charge in [0, 0.05) is 31.5 Å². The summed E-state index contributed by atoms with van der Waals surface area (Å²) < 4.78 is 0. The topological polar surface area (TPSA) is 28.2 Å². The molecule has 1 aliphatic rings. The molecule has 0 saturated carbocycles. The molecule has 1 aliphatic heterocycles. The van der Waals surface area contributed by atoms with Crippen molar-refractivity contribution in [3.63, 3.8) is 0 Å². The lowest BCUT2D eigenvalue weighted by molar-refractivity contribution is 0.187. The molecule has 1 atom stereocenters. The predicted molar refractivity (Wildman–Crippen MR) is 66.3 cm³/mol. The number of nitrogens with one attached hydrogen (secondary N) is 1. The highest BCUT2D eigenvalue weighted by Crippen LogP contribution is 2.14. The van der Waals surface area contributed by atoms with Crippen LogP contribution in [0.25, 0.3) is 0 Å². The van der Waals surface area contributed by atoms with Crippen LogP contribution in [0.15, 0.2) is 18.5 Å². The standard InChI is InChI=1S/C13H21N3/c1-11-5-6-15-8-12(11)9-16-7-3-4-13(10-16)14-2/h5-6,8,13-14H,3-4,7,9-10H2,1-2H3. The molecule has 0 aromatic carbocycles. The Balaban J connectivity index is 1.97. The van der Waals surface area contributed by atoms with Crippen LogP contribution in [-0.2, 0) is 6.54 Å². The van der Waals surface area contributed by atoms with E-state index in [1.807, 2.05) is 12.4 Å². The summed E-state index contributed by atoms with van der Waals surface area (Å²) in [6.07, 6.45) is 6.47. The van der Waals surface area contributed by atoms with E-state index in [2.05, 4.69) is 35.2 Å². The van der Waals surface area contributed by atoms with Gasteiger partial charge in [0.25, 0.3) is 0 Å². The lowest BCUT2D eigenvalue weighted by Crippen LogP contribution is -2.43. The van der Waals surface area contributed by atoms with Crippen LogP contribution in [0.3, 0.4) is 0 Å². The van der Waals surface area contributed by atoms with Crippen molar-refractivity contribution in [2.24, 2.45) is 0 Å². The van der Waals surface area contributed by atoms with Crippen LogP contribution in [0.4, 0.5) is 0 Å². The van der Waals surface area contributed by atoms with Crippen molar-refractivity contribution in [1.82, 2.24) is 15.2 Å². The molecule has 1 aromatic rings. The summed E-state index contributed by atoms with van der Waals surface area (Å²) in [6.45, 7) is 5.58. The lowest BCUT2D eigenvalue weighted by Gasteiger charge is -2.32. The highest BCUT2D eigenvalue weighted by Gasteiger charge is 2.18. The van der Waals surface area contributed by atoms with Gasteiger partial charge in [0.2, 0.25) is 0 Å². The van der Waals surface area contributed by atoms with Gasteiger partial charge in [-0.15, -0.1) is 0 Å². The summed E-state index contributed by atoms with van der Waals surface area (Å²) in [5.74, 6) is 0. The Bertz CT molecular complexity index is 338. The minimum atomic E-state index is 0.658. The van der Waals surface area contributed by atoms with Crippen LogP contribution < -0.4 is 5.32 Å². The molecule has 1 unspecified atom stereocenters. The summed E-state index contributed by atoms with van der Waals surface area (Å²) in [7, 11) is 2.06. The Hall–Kier alpha value is -0.930. The molecule has 1 fully saturated rings. The van der Waals surface area contributed by atoms with E-state index < -0.39 is 0 Å². The second-order valence-corrected chi connectivity index (χ2v) is 4.67. The summed E-state index contributed by atoms with van der Waals surface area (Å²) in [4.78, 5) is 6.73. The monoisotopic (exact) mass is 219 g/mol. The molecule has 2 heterocycles. The lowest BCUT2D eigenvalue weighted by atomic mass is 10.0. The SMILES string of the molecule is CNC1CCCN(Cc2cnccc2C)C1. The van der Waals surface area contributed by atoms with Crippen LogP contribution in [0.1, 0.15) is 24.0 Å². The van der Waals surface area contributed by atoms with Gasteiger partial charge in [-0.2, -0.15) is 0 Å². The van der Waals surface area contributed by atoms with E-state index in [4.69, 9.17) is 0 Å². The number of aryl methyl sites for hydroxylation is 1. The van der Waals surface area contributed by atoms with E-state index >= 15 is 0 Å². The normalized spacial score (nSPS) is 22.2. The van der Waals surface area contributed by atoms with Crippen LogP contribution in [0.5, 0.6) is 0 Å². The minimum absolute atomic E-state index is 0.658. The van der Waals surface area contributed by atoms with Crippen molar-refractivity contribution in [3.05, 3.63) is 29.6 Å². The molecule has 2 rings (SSSR count). The Morgan fingerprint density at radius 1 is 1.56 bits per heavy atom. The Morgan fingerprint density at radius 2 is 2.44 bits per heavy atom. The Kier molecular flexibility index (Phi) is 3.91. The maximum atomic E-state index is 4.21. The van der Waals surface area contributed by atoms with Crippen molar-refractivity contribution < 1.29 is 0 Å². The number of piperidine rings is 1. The third kappa shape index (κ3) is 2.80. The molecule has 0 aliphatic carbocycles. The number of rotatable bonds is 3. The average Bonchev–Trinajstić information content (AvgIpc) is 2.32. The summed E-state index contributed by atoms with van der Waals surface area (Å²) in [5.41, 5.74) is 2.71. The maximum absolute atomic E-state index is 4.21. The van der Waals surface area contributed by atoms with Crippen molar-refractivity contribution in [3.8, 4) is 0 Å². The summed E-state index contributed by atoms with van der Waals surface area (Å²) in [6, 6.07) is 2.75. The zero-order valence-corrected chi connectivity index (χ0v) is 10.2. The number of pyridine rings is 1. The Morgan fingerprint density at radius 3 is 3.19 bits per heavy atom. The molecule has 88 valence electrons. The van der Waals surface area contributed by atoms with Crippen molar-refractivity contribution >= 4 is 0 Å². The van der Waals surface area contributed by atoms with Gasteiger partial charge in [0.15, 0.2) is 0 Å². The van der Waals surface area contributed by atoms with Crippen molar-refractivity contribution in [1.29, 1.82) is 0 Å². The van der Waals surface area contributed by atoms with Crippen molar-refractivity contribution in [2.75, 3.05) is 20.1 Å². The molecule has 0 bridgehead atoms. The van der Waals surface area contributed by atoms with Crippen molar-refractivity contribution in [2.45, 2.75) is 32.4 Å².